The van der Waals surface area contributed by atoms with Gasteiger partial charge in [0.2, 0.25) is 11.8 Å². The molecule has 12 heteroatoms. The molecule has 2 aliphatic heterocycles. The molecular weight excluding hydrogens is 445 g/mol. The molecule has 0 saturated carbocycles. The van der Waals surface area contributed by atoms with Crippen molar-refractivity contribution in [1.29, 1.82) is 0 Å². The third-order valence-corrected chi connectivity index (χ3v) is 6.22. The highest BCUT2D eigenvalue weighted by atomic mass is 19.1. The van der Waals surface area contributed by atoms with Gasteiger partial charge in [-0.1, -0.05) is 6.92 Å². The predicted molar refractivity (Wildman–Crippen MR) is 118 cm³/mol. The number of nitrogens with zero attached hydrogens (tertiary/aromatic N) is 6. The van der Waals surface area contributed by atoms with Gasteiger partial charge < -0.3 is 19.7 Å². The summed E-state index contributed by atoms with van der Waals surface area (Å²) in [5.41, 5.74) is 0.980. The van der Waals surface area contributed by atoms with Gasteiger partial charge >= 0.3 is 0 Å². The van der Waals surface area contributed by atoms with Gasteiger partial charge in [0.05, 0.1) is 30.0 Å². The van der Waals surface area contributed by atoms with Crippen molar-refractivity contribution in [2.75, 3.05) is 18.4 Å². The largest absolute Gasteiger partial charge is 0.339 e. The molecule has 0 aliphatic carbocycles. The fourth-order valence-corrected chi connectivity index (χ4v) is 4.35. The number of carbonyl (C=O) groups is 3. The lowest BCUT2D eigenvalue weighted by molar-refractivity contribution is -0.135. The molecule has 11 nitrogen and oxygen atoms in total. The molecule has 0 aromatic carbocycles. The van der Waals surface area contributed by atoms with Crippen LogP contribution in [0.5, 0.6) is 0 Å². The summed E-state index contributed by atoms with van der Waals surface area (Å²) in [6.07, 6.45) is 1.56. The molecule has 1 saturated heterocycles. The zero-order valence-corrected chi connectivity index (χ0v) is 18.6. The van der Waals surface area contributed by atoms with Crippen LogP contribution in [0.25, 0.3) is 5.65 Å². The van der Waals surface area contributed by atoms with E-state index in [-0.39, 0.29) is 48.0 Å². The number of anilines is 1. The Morgan fingerprint density at radius 2 is 2.00 bits per heavy atom. The highest BCUT2D eigenvalue weighted by Gasteiger charge is 2.43. The van der Waals surface area contributed by atoms with E-state index in [4.69, 9.17) is 0 Å². The van der Waals surface area contributed by atoms with Crippen LogP contribution in [0.4, 0.5) is 10.2 Å². The first-order valence-corrected chi connectivity index (χ1v) is 10.9. The molecule has 0 unspecified atom stereocenters. The Morgan fingerprint density at radius 1 is 1.24 bits per heavy atom. The van der Waals surface area contributed by atoms with Crippen LogP contribution in [-0.4, -0.2) is 65.8 Å². The number of hydrogen-bond donors (Lipinski definition) is 1. The van der Waals surface area contributed by atoms with Gasteiger partial charge in [0.25, 0.3) is 11.5 Å². The molecule has 0 radical (unpaired) electrons. The topological polar surface area (TPSA) is 122 Å². The molecule has 3 amide bonds. The number of aryl methyl sites for hydroxylation is 1. The Hall–Kier alpha value is -4.09. The molecule has 5 heterocycles. The average molecular weight is 467 g/mol. The third kappa shape index (κ3) is 3.51. The summed E-state index contributed by atoms with van der Waals surface area (Å²) in [7, 11) is 0. The smallest absolute Gasteiger partial charge is 0.280 e. The van der Waals surface area contributed by atoms with Crippen LogP contribution in [0.3, 0.4) is 0 Å². The number of fused-ring (bicyclic) bond motifs is 2. The van der Waals surface area contributed by atoms with Crippen LogP contribution in [-0.2, 0) is 29.1 Å². The van der Waals surface area contributed by atoms with E-state index in [1.165, 1.54) is 28.1 Å². The molecular formula is C22H22FN7O4. The lowest BCUT2D eigenvalue weighted by Gasteiger charge is -2.43. The zero-order chi connectivity index (χ0) is 24.1. The summed E-state index contributed by atoms with van der Waals surface area (Å²) < 4.78 is 15.8. The highest BCUT2D eigenvalue weighted by Crippen LogP contribution is 2.28. The quantitative estimate of drug-likeness (QED) is 0.580. The zero-order valence-electron chi connectivity index (χ0n) is 18.6. The number of halogens is 1. The summed E-state index contributed by atoms with van der Waals surface area (Å²) in [5.74, 6) is -1.31. The summed E-state index contributed by atoms with van der Waals surface area (Å²) in [6.45, 7) is 3.97. The van der Waals surface area contributed by atoms with Crippen molar-refractivity contribution >= 4 is 29.2 Å². The minimum absolute atomic E-state index is 0.0726. The number of nitrogens with one attached hydrogen (secondary N) is 1. The molecule has 2 aliphatic rings. The van der Waals surface area contributed by atoms with E-state index in [2.05, 4.69) is 15.4 Å². The molecule has 3 aromatic heterocycles. The third-order valence-electron chi connectivity index (χ3n) is 6.22. The van der Waals surface area contributed by atoms with Gasteiger partial charge in [-0.05, 0) is 18.6 Å². The molecule has 0 atom stereocenters. The van der Waals surface area contributed by atoms with E-state index in [0.29, 0.717) is 30.9 Å². The van der Waals surface area contributed by atoms with Crippen molar-refractivity contribution in [3.8, 4) is 0 Å². The maximum atomic E-state index is 13.4. The minimum Gasteiger partial charge on any atom is -0.339 e. The fraction of sp³-hybridized carbons (Fsp3) is 0.364. The maximum Gasteiger partial charge on any atom is 0.280 e. The van der Waals surface area contributed by atoms with Crippen LogP contribution in [0.1, 0.15) is 35.6 Å². The van der Waals surface area contributed by atoms with Gasteiger partial charge in [-0.15, -0.1) is 0 Å². The molecule has 5 rings (SSSR count). The number of aromatic nitrogens is 4. The molecule has 1 N–H and O–H groups in total. The van der Waals surface area contributed by atoms with E-state index in [1.54, 1.807) is 15.9 Å². The Balaban J connectivity index is 1.51. The normalized spacial score (nSPS) is 15.6. The van der Waals surface area contributed by atoms with Crippen LogP contribution in [0.2, 0.25) is 0 Å². The van der Waals surface area contributed by atoms with Crippen LogP contribution >= 0.6 is 0 Å². The molecule has 176 valence electrons. The number of carbonyl (C=O) groups excluding carboxylic acids is 3. The molecule has 3 aromatic rings. The van der Waals surface area contributed by atoms with Crippen molar-refractivity contribution in [2.45, 2.75) is 39.4 Å². The molecule has 0 bridgehead atoms. The monoisotopic (exact) mass is 467 g/mol. The first-order valence-electron chi connectivity index (χ1n) is 10.9. The Kier molecular flexibility index (Phi) is 5.14. The first kappa shape index (κ1) is 21.7. The van der Waals surface area contributed by atoms with Gasteiger partial charge in [-0.25, -0.2) is 9.37 Å². The van der Waals surface area contributed by atoms with Gasteiger partial charge in [-0.3, -0.25) is 19.2 Å². The molecule has 34 heavy (non-hydrogen) atoms. The first-order chi connectivity index (χ1) is 16.3. The van der Waals surface area contributed by atoms with Gasteiger partial charge in [0, 0.05) is 26.1 Å². The average Bonchev–Trinajstić information content (AvgIpc) is 3.34. The Labute approximate surface area is 192 Å². The molecule has 0 spiro atoms. The van der Waals surface area contributed by atoms with E-state index >= 15 is 0 Å². The number of hydrogen-bond acceptors (Lipinski definition) is 6. The van der Waals surface area contributed by atoms with E-state index in [1.807, 2.05) is 6.92 Å². The maximum absolute atomic E-state index is 13.4. The Morgan fingerprint density at radius 3 is 2.65 bits per heavy atom. The minimum atomic E-state index is -0.533. The van der Waals surface area contributed by atoms with Gasteiger partial charge in [-0.2, -0.15) is 9.61 Å². The second kappa shape index (κ2) is 8.04. The molecule has 1 fully saturated rings. The SMILES string of the molecule is CCc1cc2n(CC(=O)Nc3ccc(F)cn3)c3c(c(=O)n2n1)CN(C1CN(C(C)=O)C1)C3=O. The second-order valence-corrected chi connectivity index (χ2v) is 8.40. The van der Waals surface area contributed by atoms with Crippen molar-refractivity contribution in [3.05, 3.63) is 57.5 Å². The van der Waals surface area contributed by atoms with Gasteiger partial charge in [0.15, 0.2) is 0 Å². The van der Waals surface area contributed by atoms with E-state index < -0.39 is 17.3 Å². The standard InChI is InChI=1S/C22H22FN7O4/c1-3-14-6-19-29(11-18(32)25-17-5-4-13(23)7-24-17)20-16(21(33)30(19)26-14)10-28(22(20)34)15-8-27(9-15)12(2)31/h4-7,15H,3,8-11H2,1-2H3,(H,24,25,32). The highest BCUT2D eigenvalue weighted by molar-refractivity contribution is 5.99. The summed E-state index contributed by atoms with van der Waals surface area (Å²) in [5, 5.41) is 6.93. The van der Waals surface area contributed by atoms with Crippen LogP contribution in [0, 0.1) is 5.82 Å². The lowest BCUT2D eigenvalue weighted by atomic mass is 10.1. The van der Waals surface area contributed by atoms with Gasteiger partial charge in [0.1, 0.15) is 29.5 Å². The van der Waals surface area contributed by atoms with Crippen LogP contribution < -0.4 is 10.9 Å². The van der Waals surface area contributed by atoms with Crippen LogP contribution in [0.15, 0.2) is 29.2 Å². The van der Waals surface area contributed by atoms with Crippen molar-refractivity contribution in [2.24, 2.45) is 0 Å². The number of pyridine rings is 1. The lowest BCUT2D eigenvalue weighted by Crippen LogP contribution is -2.60. The van der Waals surface area contributed by atoms with Crippen molar-refractivity contribution in [3.63, 3.8) is 0 Å². The summed E-state index contributed by atoms with van der Waals surface area (Å²) >= 11 is 0. The van der Waals surface area contributed by atoms with Crippen molar-refractivity contribution in [1.82, 2.24) is 29.0 Å². The summed E-state index contributed by atoms with van der Waals surface area (Å²) in [4.78, 5) is 58.0. The van der Waals surface area contributed by atoms with Crippen molar-refractivity contribution < 1.29 is 18.8 Å². The fourth-order valence-electron chi connectivity index (χ4n) is 4.35. The van der Waals surface area contributed by atoms with E-state index in [0.717, 1.165) is 6.20 Å². The van der Waals surface area contributed by atoms with E-state index in [9.17, 15) is 23.6 Å². The predicted octanol–water partition coefficient (Wildman–Crippen LogP) is 0.418. The number of likely N-dealkylation sites (tertiary alicyclic amines) is 1. The Bertz CT molecular complexity index is 1390. The second-order valence-electron chi connectivity index (χ2n) is 8.40. The number of rotatable bonds is 5. The summed E-state index contributed by atoms with van der Waals surface area (Å²) in [6, 6.07) is 3.98. The number of amides is 3.